The standard InChI is InChI=1S/C25H26N4O3/c1-28(2)24(31)25(16-19-5-7-20(8-6-19)22-4-3-11-27-17-22)18-29(14-15-32-25)23(30)21-9-12-26-13-10-21/h3-13,17H,14-16,18H2,1-2H3/t25-/m0/s1. The SMILES string of the molecule is CN(C)C(=O)[C@]1(Cc2ccc(-c3cccnc3)cc2)CN(C(=O)c2ccncc2)CCO1. The van der Waals surface area contributed by atoms with Crippen molar-refractivity contribution >= 4 is 11.8 Å². The predicted molar refractivity (Wildman–Crippen MR) is 121 cm³/mol. The Morgan fingerprint density at radius 1 is 1.00 bits per heavy atom. The van der Waals surface area contributed by atoms with Crippen LogP contribution in [0.4, 0.5) is 0 Å². The number of amides is 2. The van der Waals surface area contributed by atoms with Crippen molar-refractivity contribution in [3.05, 3.63) is 84.4 Å². The zero-order valence-electron chi connectivity index (χ0n) is 18.3. The molecule has 0 N–H and O–H groups in total. The van der Waals surface area contributed by atoms with Crippen molar-refractivity contribution < 1.29 is 14.3 Å². The second-order valence-corrected chi connectivity index (χ2v) is 8.12. The fourth-order valence-electron chi connectivity index (χ4n) is 4.03. The number of likely N-dealkylation sites (N-methyl/N-ethyl adjacent to an activating group) is 1. The minimum absolute atomic E-state index is 0.126. The Kier molecular flexibility index (Phi) is 6.28. The number of carbonyl (C=O) groups is 2. The summed E-state index contributed by atoms with van der Waals surface area (Å²) in [6, 6.07) is 15.3. The van der Waals surface area contributed by atoms with Gasteiger partial charge in [0.2, 0.25) is 0 Å². The van der Waals surface area contributed by atoms with Gasteiger partial charge >= 0.3 is 0 Å². The van der Waals surface area contributed by atoms with Crippen molar-refractivity contribution in [1.29, 1.82) is 0 Å². The van der Waals surface area contributed by atoms with Gasteiger partial charge < -0.3 is 14.5 Å². The summed E-state index contributed by atoms with van der Waals surface area (Å²) in [6.45, 7) is 0.920. The Balaban J connectivity index is 1.59. The number of rotatable bonds is 5. The highest BCUT2D eigenvalue weighted by Gasteiger charge is 2.46. The topological polar surface area (TPSA) is 75.6 Å². The van der Waals surface area contributed by atoms with Gasteiger partial charge in [-0.1, -0.05) is 30.3 Å². The van der Waals surface area contributed by atoms with E-state index in [1.165, 1.54) is 4.90 Å². The van der Waals surface area contributed by atoms with Gasteiger partial charge in [0.1, 0.15) is 0 Å². The molecule has 4 rings (SSSR count). The first-order valence-electron chi connectivity index (χ1n) is 10.5. The van der Waals surface area contributed by atoms with Crippen molar-refractivity contribution in [2.24, 2.45) is 0 Å². The molecule has 2 aromatic heterocycles. The van der Waals surface area contributed by atoms with E-state index in [0.717, 1.165) is 16.7 Å². The summed E-state index contributed by atoms with van der Waals surface area (Å²) in [4.78, 5) is 37.7. The van der Waals surface area contributed by atoms with Gasteiger partial charge in [-0.05, 0) is 34.9 Å². The minimum Gasteiger partial charge on any atom is -0.361 e. The molecule has 0 radical (unpaired) electrons. The largest absolute Gasteiger partial charge is 0.361 e. The maximum absolute atomic E-state index is 13.3. The lowest BCUT2D eigenvalue weighted by molar-refractivity contribution is -0.165. The van der Waals surface area contributed by atoms with Crippen molar-refractivity contribution in [2.45, 2.75) is 12.0 Å². The highest BCUT2D eigenvalue weighted by atomic mass is 16.5. The predicted octanol–water partition coefficient (Wildman–Crippen LogP) is 2.69. The molecular weight excluding hydrogens is 404 g/mol. The van der Waals surface area contributed by atoms with E-state index in [2.05, 4.69) is 9.97 Å². The Morgan fingerprint density at radius 2 is 1.75 bits per heavy atom. The van der Waals surface area contributed by atoms with Crippen LogP contribution in [0.1, 0.15) is 15.9 Å². The number of morpholine rings is 1. The molecule has 0 unspecified atom stereocenters. The molecule has 0 spiro atoms. The number of benzene rings is 1. The molecule has 7 nitrogen and oxygen atoms in total. The van der Waals surface area contributed by atoms with Crippen LogP contribution in [-0.4, -0.2) is 71.0 Å². The maximum atomic E-state index is 13.3. The zero-order chi connectivity index (χ0) is 22.6. The van der Waals surface area contributed by atoms with Crippen LogP contribution in [0.25, 0.3) is 11.1 Å². The number of ether oxygens (including phenoxy) is 1. The Bertz CT molecular complexity index is 1070. The third-order valence-corrected chi connectivity index (χ3v) is 5.63. The van der Waals surface area contributed by atoms with Crippen LogP contribution in [0.15, 0.2) is 73.3 Å². The van der Waals surface area contributed by atoms with E-state index in [9.17, 15) is 9.59 Å². The van der Waals surface area contributed by atoms with Crippen LogP contribution in [0.2, 0.25) is 0 Å². The van der Waals surface area contributed by atoms with E-state index < -0.39 is 5.60 Å². The maximum Gasteiger partial charge on any atom is 0.256 e. The molecule has 2 amide bonds. The number of hydrogen-bond donors (Lipinski definition) is 0. The molecule has 1 aliphatic rings. The fraction of sp³-hybridized carbons (Fsp3) is 0.280. The summed E-state index contributed by atoms with van der Waals surface area (Å²) in [7, 11) is 3.42. The van der Waals surface area contributed by atoms with Crippen molar-refractivity contribution in [1.82, 2.24) is 19.8 Å². The molecule has 0 bridgehead atoms. The number of pyridine rings is 2. The van der Waals surface area contributed by atoms with Crippen molar-refractivity contribution in [3.63, 3.8) is 0 Å². The monoisotopic (exact) mass is 430 g/mol. The van der Waals surface area contributed by atoms with E-state index in [0.29, 0.717) is 25.1 Å². The van der Waals surface area contributed by atoms with Gasteiger partial charge in [0.15, 0.2) is 5.60 Å². The van der Waals surface area contributed by atoms with E-state index in [4.69, 9.17) is 4.74 Å². The van der Waals surface area contributed by atoms with Crippen LogP contribution in [-0.2, 0) is 16.0 Å². The molecule has 0 saturated carbocycles. The minimum atomic E-state index is -1.14. The molecule has 1 fully saturated rings. The highest BCUT2D eigenvalue weighted by Crippen LogP contribution is 2.28. The number of hydrogen-bond acceptors (Lipinski definition) is 5. The van der Waals surface area contributed by atoms with Crippen LogP contribution < -0.4 is 0 Å². The summed E-state index contributed by atoms with van der Waals surface area (Å²) < 4.78 is 6.12. The fourth-order valence-corrected chi connectivity index (χ4v) is 4.03. The van der Waals surface area contributed by atoms with Gasteiger partial charge in [0.25, 0.3) is 11.8 Å². The second kappa shape index (κ2) is 9.28. The number of carbonyl (C=O) groups excluding carboxylic acids is 2. The van der Waals surface area contributed by atoms with E-state index in [-0.39, 0.29) is 18.4 Å². The molecule has 164 valence electrons. The molecule has 7 heteroatoms. The average molecular weight is 431 g/mol. The lowest BCUT2D eigenvalue weighted by Gasteiger charge is -2.43. The molecule has 32 heavy (non-hydrogen) atoms. The first-order valence-corrected chi connectivity index (χ1v) is 10.5. The van der Waals surface area contributed by atoms with Gasteiger partial charge in [0.05, 0.1) is 13.2 Å². The Hall–Kier alpha value is -3.58. The molecule has 1 aromatic carbocycles. The lowest BCUT2D eigenvalue weighted by atomic mass is 9.90. The van der Waals surface area contributed by atoms with Gasteiger partial charge in [-0.2, -0.15) is 0 Å². The Morgan fingerprint density at radius 3 is 2.41 bits per heavy atom. The third kappa shape index (κ3) is 4.53. The second-order valence-electron chi connectivity index (χ2n) is 8.12. The average Bonchev–Trinajstić information content (AvgIpc) is 2.84. The van der Waals surface area contributed by atoms with Gasteiger partial charge in [-0.15, -0.1) is 0 Å². The van der Waals surface area contributed by atoms with Crippen molar-refractivity contribution in [2.75, 3.05) is 33.8 Å². The molecule has 0 aliphatic carbocycles. The summed E-state index contributed by atoms with van der Waals surface area (Å²) >= 11 is 0. The normalized spacial score (nSPS) is 18.2. The Labute approximate surface area is 187 Å². The molecule has 1 saturated heterocycles. The summed E-state index contributed by atoms with van der Waals surface area (Å²) in [5, 5.41) is 0. The van der Waals surface area contributed by atoms with Crippen LogP contribution >= 0.6 is 0 Å². The van der Waals surface area contributed by atoms with Crippen LogP contribution in [0.5, 0.6) is 0 Å². The van der Waals surface area contributed by atoms with E-state index >= 15 is 0 Å². The number of nitrogens with zero attached hydrogens (tertiary/aromatic N) is 4. The van der Waals surface area contributed by atoms with Gasteiger partial charge in [0, 0.05) is 57.4 Å². The first kappa shape index (κ1) is 21.6. The highest BCUT2D eigenvalue weighted by molar-refractivity contribution is 5.95. The quantitative estimate of drug-likeness (QED) is 0.622. The van der Waals surface area contributed by atoms with Crippen LogP contribution in [0.3, 0.4) is 0 Å². The zero-order valence-corrected chi connectivity index (χ0v) is 18.3. The number of aromatic nitrogens is 2. The molecule has 3 heterocycles. The van der Waals surface area contributed by atoms with Crippen LogP contribution in [0, 0.1) is 0 Å². The molecule has 3 aromatic rings. The van der Waals surface area contributed by atoms with Gasteiger partial charge in [-0.25, -0.2) is 0 Å². The lowest BCUT2D eigenvalue weighted by Crippen LogP contribution is -2.61. The molecule has 1 aliphatic heterocycles. The van der Waals surface area contributed by atoms with Crippen molar-refractivity contribution in [3.8, 4) is 11.1 Å². The molecule has 1 atom stereocenters. The van der Waals surface area contributed by atoms with E-state index in [1.807, 2.05) is 42.6 Å². The smallest absolute Gasteiger partial charge is 0.256 e. The van der Waals surface area contributed by atoms with E-state index in [1.54, 1.807) is 49.7 Å². The summed E-state index contributed by atoms with van der Waals surface area (Å²) in [6.07, 6.45) is 7.12. The first-order chi connectivity index (χ1) is 15.5. The van der Waals surface area contributed by atoms with Gasteiger partial charge in [-0.3, -0.25) is 19.6 Å². The summed E-state index contributed by atoms with van der Waals surface area (Å²) in [5.74, 6) is -0.278. The summed E-state index contributed by atoms with van der Waals surface area (Å²) in [5.41, 5.74) is 2.45. The molecular formula is C25H26N4O3. The third-order valence-electron chi connectivity index (χ3n) is 5.63.